The van der Waals surface area contributed by atoms with Crippen LogP contribution in [0.5, 0.6) is 0 Å². The number of furan rings is 1. The number of nitrogens with zero attached hydrogens (tertiary/aromatic N) is 1. The van der Waals surface area contributed by atoms with Gasteiger partial charge in [0.2, 0.25) is 0 Å². The van der Waals surface area contributed by atoms with Gasteiger partial charge in [0.1, 0.15) is 11.5 Å². The predicted molar refractivity (Wildman–Crippen MR) is 82.8 cm³/mol. The second-order valence-corrected chi connectivity index (χ2v) is 6.60. The van der Waals surface area contributed by atoms with Crippen molar-refractivity contribution in [3.63, 3.8) is 0 Å². The second kappa shape index (κ2) is 6.12. The van der Waals surface area contributed by atoms with Crippen molar-refractivity contribution in [1.82, 2.24) is 10.2 Å². The van der Waals surface area contributed by atoms with Crippen molar-refractivity contribution >= 4 is 11.3 Å². The maximum absolute atomic E-state index is 5.98. The quantitative estimate of drug-likeness (QED) is 0.845. The smallest absolute Gasteiger partial charge is 0.120 e. The number of hydrogen-bond donors (Lipinski definition) is 1. The molecular weight excluding hydrogens is 268 g/mol. The maximum atomic E-state index is 5.98. The number of rotatable bonds is 7. The van der Waals surface area contributed by atoms with Crippen LogP contribution in [-0.4, -0.2) is 18.0 Å². The minimum absolute atomic E-state index is 0.746. The summed E-state index contributed by atoms with van der Waals surface area (Å²) in [6.07, 6.45) is 2.66. The predicted octanol–water partition coefficient (Wildman–Crippen LogP) is 3.53. The second-order valence-electron chi connectivity index (χ2n) is 5.56. The zero-order chi connectivity index (χ0) is 13.9. The van der Waals surface area contributed by atoms with Gasteiger partial charge >= 0.3 is 0 Å². The van der Waals surface area contributed by atoms with E-state index in [0.29, 0.717) is 0 Å². The van der Waals surface area contributed by atoms with E-state index in [4.69, 9.17) is 4.42 Å². The molecule has 0 atom stereocenters. The molecule has 1 aliphatic carbocycles. The molecule has 0 spiro atoms. The van der Waals surface area contributed by atoms with Gasteiger partial charge in [-0.15, -0.1) is 11.3 Å². The van der Waals surface area contributed by atoms with Gasteiger partial charge in [0.25, 0.3) is 0 Å². The van der Waals surface area contributed by atoms with E-state index in [1.165, 1.54) is 23.3 Å². The summed E-state index contributed by atoms with van der Waals surface area (Å²) >= 11 is 1.84. The van der Waals surface area contributed by atoms with Gasteiger partial charge in [-0.1, -0.05) is 6.07 Å². The third kappa shape index (κ3) is 3.32. The molecule has 0 unspecified atom stereocenters. The molecule has 3 rings (SSSR count). The van der Waals surface area contributed by atoms with Crippen molar-refractivity contribution in [3.8, 4) is 0 Å². The molecule has 0 amide bonds. The number of aryl methyl sites for hydroxylation is 1. The Morgan fingerprint density at radius 2 is 2.25 bits per heavy atom. The van der Waals surface area contributed by atoms with Crippen LogP contribution in [0.25, 0.3) is 0 Å². The van der Waals surface area contributed by atoms with Gasteiger partial charge in [0.05, 0.1) is 13.1 Å². The highest BCUT2D eigenvalue weighted by Crippen LogP contribution is 2.31. The molecule has 1 saturated carbocycles. The van der Waals surface area contributed by atoms with E-state index in [1.54, 1.807) is 0 Å². The molecule has 20 heavy (non-hydrogen) atoms. The molecule has 0 saturated heterocycles. The fourth-order valence-electron chi connectivity index (χ4n) is 2.56. The van der Waals surface area contributed by atoms with E-state index < -0.39 is 0 Å². The average Bonchev–Trinajstić information content (AvgIpc) is 3.05. The summed E-state index contributed by atoms with van der Waals surface area (Å²) in [4.78, 5) is 3.99. The summed E-state index contributed by atoms with van der Waals surface area (Å²) in [7, 11) is 1.95. The van der Waals surface area contributed by atoms with Gasteiger partial charge in [-0.3, -0.25) is 4.90 Å². The monoisotopic (exact) mass is 290 g/mol. The number of nitrogens with one attached hydrogen (secondary N) is 1. The summed E-state index contributed by atoms with van der Waals surface area (Å²) in [5.74, 6) is 2.16. The van der Waals surface area contributed by atoms with Gasteiger partial charge in [0, 0.05) is 17.5 Å². The Morgan fingerprint density at radius 1 is 1.40 bits per heavy atom. The molecule has 0 aliphatic heterocycles. The lowest BCUT2D eigenvalue weighted by Crippen LogP contribution is -2.24. The lowest BCUT2D eigenvalue weighted by molar-refractivity contribution is 0.224. The van der Waals surface area contributed by atoms with Crippen LogP contribution in [0.4, 0.5) is 0 Å². The SMILES string of the molecule is CNCc1oc(CN(Cc2cccs2)C2CC2)cc1C. The van der Waals surface area contributed by atoms with Crippen LogP contribution in [0, 0.1) is 6.92 Å². The maximum Gasteiger partial charge on any atom is 0.120 e. The van der Waals surface area contributed by atoms with Crippen molar-refractivity contribution in [1.29, 1.82) is 0 Å². The van der Waals surface area contributed by atoms with Crippen molar-refractivity contribution in [2.24, 2.45) is 0 Å². The minimum Gasteiger partial charge on any atom is -0.463 e. The van der Waals surface area contributed by atoms with E-state index in [0.717, 1.165) is 37.2 Å². The number of hydrogen-bond acceptors (Lipinski definition) is 4. The summed E-state index contributed by atoms with van der Waals surface area (Å²) in [5.41, 5.74) is 1.25. The summed E-state index contributed by atoms with van der Waals surface area (Å²) in [5, 5.41) is 5.31. The highest BCUT2D eigenvalue weighted by atomic mass is 32.1. The van der Waals surface area contributed by atoms with E-state index in [-0.39, 0.29) is 0 Å². The van der Waals surface area contributed by atoms with Crippen LogP contribution < -0.4 is 5.32 Å². The van der Waals surface area contributed by atoms with Gasteiger partial charge in [-0.25, -0.2) is 0 Å². The van der Waals surface area contributed by atoms with E-state index in [1.807, 2.05) is 18.4 Å². The minimum atomic E-state index is 0.746. The van der Waals surface area contributed by atoms with Gasteiger partial charge in [0.15, 0.2) is 0 Å². The number of thiophene rings is 1. The Morgan fingerprint density at radius 3 is 2.90 bits per heavy atom. The molecule has 0 aromatic carbocycles. The largest absolute Gasteiger partial charge is 0.463 e. The normalized spacial score (nSPS) is 15.2. The molecule has 3 nitrogen and oxygen atoms in total. The lowest BCUT2D eigenvalue weighted by atomic mass is 10.2. The fourth-order valence-corrected chi connectivity index (χ4v) is 3.29. The molecule has 4 heteroatoms. The van der Waals surface area contributed by atoms with Crippen LogP contribution in [0.2, 0.25) is 0 Å². The Balaban J connectivity index is 1.68. The van der Waals surface area contributed by atoms with Crippen molar-refractivity contribution in [2.45, 2.75) is 45.4 Å². The Kier molecular flexibility index (Phi) is 4.24. The zero-order valence-corrected chi connectivity index (χ0v) is 13.0. The molecular formula is C16H22N2OS. The van der Waals surface area contributed by atoms with Crippen molar-refractivity contribution in [3.05, 3.63) is 45.5 Å². The third-order valence-electron chi connectivity index (χ3n) is 3.77. The highest BCUT2D eigenvalue weighted by molar-refractivity contribution is 7.09. The Hall–Kier alpha value is -1.10. The molecule has 1 aliphatic rings. The van der Waals surface area contributed by atoms with Gasteiger partial charge < -0.3 is 9.73 Å². The molecule has 2 aromatic rings. The topological polar surface area (TPSA) is 28.4 Å². The molecule has 1 fully saturated rings. The van der Waals surface area contributed by atoms with Crippen LogP contribution in [0.1, 0.15) is 34.8 Å². The molecule has 1 N–H and O–H groups in total. The molecule has 2 heterocycles. The first kappa shape index (κ1) is 13.9. The van der Waals surface area contributed by atoms with Crippen molar-refractivity contribution in [2.75, 3.05) is 7.05 Å². The molecule has 0 radical (unpaired) electrons. The van der Waals surface area contributed by atoms with Crippen LogP contribution >= 0.6 is 11.3 Å². The van der Waals surface area contributed by atoms with Gasteiger partial charge in [-0.05, 0) is 49.9 Å². The van der Waals surface area contributed by atoms with E-state index >= 15 is 0 Å². The van der Waals surface area contributed by atoms with E-state index in [9.17, 15) is 0 Å². The first-order chi connectivity index (χ1) is 9.76. The third-order valence-corrected chi connectivity index (χ3v) is 4.63. The Bertz CT molecular complexity index is 543. The lowest BCUT2D eigenvalue weighted by Gasteiger charge is -2.19. The summed E-state index contributed by atoms with van der Waals surface area (Å²) in [6, 6.07) is 7.29. The average molecular weight is 290 g/mol. The Labute approximate surface area is 124 Å². The van der Waals surface area contributed by atoms with Crippen molar-refractivity contribution < 1.29 is 4.42 Å². The van der Waals surface area contributed by atoms with E-state index in [2.05, 4.69) is 40.7 Å². The van der Waals surface area contributed by atoms with Crippen LogP contribution in [-0.2, 0) is 19.6 Å². The van der Waals surface area contributed by atoms with Crippen LogP contribution in [0.3, 0.4) is 0 Å². The highest BCUT2D eigenvalue weighted by Gasteiger charge is 2.30. The first-order valence-electron chi connectivity index (χ1n) is 7.25. The fraction of sp³-hybridized carbons (Fsp3) is 0.500. The zero-order valence-electron chi connectivity index (χ0n) is 12.2. The standard InChI is InChI=1S/C16H22N2OS/c1-12-8-14(19-16(12)9-17-2)10-18(13-5-6-13)11-15-4-3-7-20-15/h3-4,7-8,13,17H,5-6,9-11H2,1-2H3. The van der Waals surface area contributed by atoms with Gasteiger partial charge in [-0.2, -0.15) is 0 Å². The molecule has 108 valence electrons. The molecule has 0 bridgehead atoms. The van der Waals surface area contributed by atoms with Crippen LogP contribution in [0.15, 0.2) is 28.0 Å². The first-order valence-corrected chi connectivity index (χ1v) is 8.13. The molecule has 2 aromatic heterocycles. The summed E-state index contributed by atoms with van der Waals surface area (Å²) < 4.78 is 5.98. The summed E-state index contributed by atoms with van der Waals surface area (Å²) in [6.45, 7) is 4.90.